The zero-order valence-corrected chi connectivity index (χ0v) is 12.6. The fourth-order valence-corrected chi connectivity index (χ4v) is 4.84. The predicted molar refractivity (Wildman–Crippen MR) is 77.1 cm³/mol. The van der Waals surface area contributed by atoms with Crippen LogP contribution in [0.1, 0.15) is 23.7 Å². The summed E-state index contributed by atoms with van der Waals surface area (Å²) in [5.41, 5.74) is 0.426. The summed E-state index contributed by atoms with van der Waals surface area (Å²) in [5, 5.41) is 0. The lowest BCUT2D eigenvalue weighted by molar-refractivity contribution is 0.101. The molecule has 1 atom stereocenters. The summed E-state index contributed by atoms with van der Waals surface area (Å²) in [4.78, 5) is 11.5. The Hall–Kier alpha value is -0.850. The largest absolute Gasteiger partial charge is 0.295 e. The van der Waals surface area contributed by atoms with E-state index in [1.807, 2.05) is 0 Å². The fourth-order valence-electron chi connectivity index (χ4n) is 2.05. The van der Waals surface area contributed by atoms with Crippen molar-refractivity contribution < 1.29 is 13.2 Å². The molecule has 0 aliphatic carbocycles. The third-order valence-corrected chi connectivity index (χ3v) is 6.39. The number of ketones is 1. The van der Waals surface area contributed by atoms with Crippen LogP contribution in [0.5, 0.6) is 0 Å². The summed E-state index contributed by atoms with van der Waals surface area (Å²) in [6.07, 6.45) is 0.882. The van der Waals surface area contributed by atoms with Crippen LogP contribution in [0.15, 0.2) is 29.2 Å². The van der Waals surface area contributed by atoms with Crippen molar-refractivity contribution in [3.8, 4) is 0 Å². The number of benzene rings is 1. The number of thioether (sulfide) groups is 1. The first-order valence-corrected chi connectivity index (χ1v) is 8.69. The molecule has 0 N–H and O–H groups in total. The molecule has 1 aliphatic rings. The number of hydrogen-bond donors (Lipinski definition) is 0. The van der Waals surface area contributed by atoms with Gasteiger partial charge in [0.25, 0.3) is 0 Å². The first-order valence-electron chi connectivity index (χ1n) is 6.09. The Kier molecular flexibility index (Phi) is 4.32. The zero-order valence-electron chi connectivity index (χ0n) is 11.0. The highest BCUT2D eigenvalue weighted by Gasteiger charge is 2.30. The van der Waals surface area contributed by atoms with Gasteiger partial charge in [0.1, 0.15) is 0 Å². The Morgan fingerprint density at radius 1 is 1.42 bits per heavy atom. The number of carbonyl (C=O) groups is 1. The maximum atomic E-state index is 12.5. The molecule has 2 rings (SSSR count). The van der Waals surface area contributed by atoms with Crippen LogP contribution in [0.2, 0.25) is 0 Å². The van der Waals surface area contributed by atoms with Crippen molar-refractivity contribution >= 4 is 27.6 Å². The molecule has 1 fully saturated rings. The first-order chi connectivity index (χ1) is 8.93. The summed E-state index contributed by atoms with van der Waals surface area (Å²) in [6.45, 7) is 1.43. The number of carbonyl (C=O) groups excluding carboxylic acids is 1. The number of sulfonamides is 1. The van der Waals surface area contributed by atoms with Crippen LogP contribution in [0.3, 0.4) is 0 Å². The number of hydrogen-bond acceptors (Lipinski definition) is 4. The Balaban J connectivity index is 2.33. The van der Waals surface area contributed by atoms with Gasteiger partial charge < -0.3 is 0 Å². The fraction of sp³-hybridized carbons (Fsp3) is 0.462. The maximum absolute atomic E-state index is 12.5. The van der Waals surface area contributed by atoms with Crippen molar-refractivity contribution in [2.45, 2.75) is 24.3 Å². The average molecular weight is 299 g/mol. The molecule has 1 saturated heterocycles. The Labute approximate surface area is 118 Å². The third-order valence-electron chi connectivity index (χ3n) is 3.34. The molecule has 0 spiro atoms. The van der Waals surface area contributed by atoms with Gasteiger partial charge in [0.15, 0.2) is 5.78 Å². The molecular formula is C13H17NO3S2. The van der Waals surface area contributed by atoms with Gasteiger partial charge in [0.05, 0.1) is 4.90 Å². The standard InChI is InChI=1S/C13H17NO3S2/c1-10(15)11-4-3-5-13(8-11)19(16,17)14(2)12-6-7-18-9-12/h3-5,8,12H,6-7,9H2,1-2H3. The van der Waals surface area contributed by atoms with Crippen molar-refractivity contribution in [1.29, 1.82) is 0 Å². The molecule has 0 aromatic heterocycles. The molecule has 0 amide bonds. The minimum atomic E-state index is -3.51. The van der Waals surface area contributed by atoms with Crippen molar-refractivity contribution in [3.63, 3.8) is 0 Å². The Morgan fingerprint density at radius 2 is 2.16 bits per heavy atom. The van der Waals surface area contributed by atoms with Gasteiger partial charge in [-0.1, -0.05) is 12.1 Å². The summed E-state index contributed by atoms with van der Waals surface area (Å²) in [7, 11) is -1.89. The van der Waals surface area contributed by atoms with Gasteiger partial charge in [0.2, 0.25) is 10.0 Å². The molecule has 0 bridgehead atoms. The van der Waals surface area contributed by atoms with Gasteiger partial charge in [-0.3, -0.25) is 4.79 Å². The topological polar surface area (TPSA) is 54.5 Å². The summed E-state index contributed by atoms with van der Waals surface area (Å²) < 4.78 is 26.4. The maximum Gasteiger partial charge on any atom is 0.243 e. The van der Waals surface area contributed by atoms with E-state index in [2.05, 4.69) is 0 Å². The van der Waals surface area contributed by atoms with Crippen molar-refractivity contribution in [3.05, 3.63) is 29.8 Å². The Bertz CT molecular complexity index is 577. The van der Waals surface area contributed by atoms with E-state index in [-0.39, 0.29) is 16.7 Å². The highest BCUT2D eigenvalue weighted by Crippen LogP contribution is 2.26. The van der Waals surface area contributed by atoms with E-state index in [9.17, 15) is 13.2 Å². The number of rotatable bonds is 4. The molecule has 104 valence electrons. The lowest BCUT2D eigenvalue weighted by Crippen LogP contribution is -2.37. The molecule has 1 unspecified atom stereocenters. The molecular weight excluding hydrogens is 282 g/mol. The van der Waals surface area contributed by atoms with Gasteiger partial charge >= 0.3 is 0 Å². The molecule has 1 aromatic rings. The minimum Gasteiger partial charge on any atom is -0.295 e. The van der Waals surface area contributed by atoms with Crippen LogP contribution in [0.25, 0.3) is 0 Å². The monoisotopic (exact) mass is 299 g/mol. The second-order valence-corrected chi connectivity index (χ2v) is 7.77. The molecule has 19 heavy (non-hydrogen) atoms. The van der Waals surface area contributed by atoms with E-state index in [1.165, 1.54) is 17.3 Å². The summed E-state index contributed by atoms with van der Waals surface area (Å²) in [5.74, 6) is 1.70. The molecule has 1 aliphatic heterocycles. The number of Topliss-reactive ketones (excluding diaryl/α,β-unsaturated/α-hetero) is 1. The van der Waals surface area contributed by atoms with Gasteiger partial charge in [0, 0.05) is 24.4 Å². The highest BCUT2D eigenvalue weighted by atomic mass is 32.2. The van der Waals surface area contributed by atoms with E-state index >= 15 is 0 Å². The lowest BCUT2D eigenvalue weighted by atomic mass is 10.2. The summed E-state index contributed by atoms with van der Waals surface area (Å²) >= 11 is 1.77. The van der Waals surface area contributed by atoms with Crippen molar-refractivity contribution in [2.75, 3.05) is 18.6 Å². The van der Waals surface area contributed by atoms with Crippen LogP contribution in [-0.2, 0) is 10.0 Å². The van der Waals surface area contributed by atoms with Gasteiger partial charge in [-0.15, -0.1) is 0 Å². The summed E-state index contributed by atoms with van der Waals surface area (Å²) in [6, 6.07) is 6.29. The first kappa shape index (κ1) is 14.6. The predicted octanol–water partition coefficient (Wildman–Crippen LogP) is 2.02. The minimum absolute atomic E-state index is 0.0518. The van der Waals surface area contributed by atoms with Crippen LogP contribution < -0.4 is 0 Å². The van der Waals surface area contributed by atoms with Gasteiger partial charge in [-0.2, -0.15) is 16.1 Å². The molecule has 0 radical (unpaired) electrons. The quantitative estimate of drug-likeness (QED) is 0.798. The van der Waals surface area contributed by atoms with Crippen LogP contribution >= 0.6 is 11.8 Å². The number of nitrogens with zero attached hydrogens (tertiary/aromatic N) is 1. The van der Waals surface area contributed by atoms with Gasteiger partial charge in [-0.25, -0.2) is 8.42 Å². The van der Waals surface area contributed by atoms with Crippen molar-refractivity contribution in [2.24, 2.45) is 0 Å². The van der Waals surface area contributed by atoms with Crippen LogP contribution in [0, 0.1) is 0 Å². The van der Waals surface area contributed by atoms with Crippen LogP contribution in [-0.4, -0.2) is 43.1 Å². The molecule has 1 aromatic carbocycles. The van der Waals surface area contributed by atoms with Crippen LogP contribution in [0.4, 0.5) is 0 Å². The highest BCUT2D eigenvalue weighted by molar-refractivity contribution is 7.99. The average Bonchev–Trinajstić information content (AvgIpc) is 2.91. The normalized spacial score (nSPS) is 19.8. The molecule has 1 heterocycles. The SMILES string of the molecule is CC(=O)c1cccc(S(=O)(=O)N(C)C2CCSC2)c1. The van der Waals surface area contributed by atoms with Gasteiger partial charge in [-0.05, 0) is 31.2 Å². The van der Waals surface area contributed by atoms with E-state index in [0.717, 1.165) is 17.9 Å². The smallest absolute Gasteiger partial charge is 0.243 e. The molecule has 0 saturated carbocycles. The van der Waals surface area contributed by atoms with E-state index in [1.54, 1.807) is 37.0 Å². The molecule has 4 nitrogen and oxygen atoms in total. The second-order valence-electron chi connectivity index (χ2n) is 4.62. The van der Waals surface area contributed by atoms with E-state index in [4.69, 9.17) is 0 Å². The lowest BCUT2D eigenvalue weighted by Gasteiger charge is -2.23. The van der Waals surface area contributed by atoms with E-state index < -0.39 is 10.0 Å². The second kappa shape index (κ2) is 5.64. The Morgan fingerprint density at radius 3 is 2.74 bits per heavy atom. The zero-order chi connectivity index (χ0) is 14.0. The van der Waals surface area contributed by atoms with E-state index in [0.29, 0.717) is 5.56 Å². The van der Waals surface area contributed by atoms with Crippen molar-refractivity contribution in [1.82, 2.24) is 4.31 Å². The molecule has 6 heteroatoms. The third kappa shape index (κ3) is 3.01.